The molecule has 470 valence electrons. The quantitative estimate of drug-likeness (QED) is 0.106. The zero-order valence-corrected chi connectivity index (χ0v) is 56.1. The second-order valence-electron chi connectivity index (χ2n) is 28.0. The number of hydrogen-bond acceptors (Lipinski definition) is 3. The van der Waals surface area contributed by atoms with E-state index in [2.05, 4.69) is 98.7 Å². The summed E-state index contributed by atoms with van der Waals surface area (Å²) in [6.07, 6.45) is 1.73. The van der Waals surface area contributed by atoms with Crippen molar-refractivity contribution in [2.24, 2.45) is 0 Å². The van der Waals surface area contributed by atoms with Crippen LogP contribution in [-0.4, -0.2) is 22.1 Å². The predicted molar refractivity (Wildman–Crippen MR) is 419 cm³/mol. The Morgan fingerprint density at radius 3 is 1.03 bits per heavy atom. The van der Waals surface area contributed by atoms with Gasteiger partial charge in [0.1, 0.15) is 0 Å². The van der Waals surface area contributed by atoms with Crippen LogP contribution in [0.5, 0.6) is 0 Å². The molecule has 15 aromatic rings. The number of para-hydroxylation sites is 4. The Bertz CT molecular complexity index is 6640. The maximum atomic E-state index is 11.8. The summed E-state index contributed by atoms with van der Waals surface area (Å²) in [5, 5.41) is -1.22. The maximum Gasteiger partial charge on any atom is 0.253 e. The summed E-state index contributed by atoms with van der Waals surface area (Å²) in [4.78, 5) is 4.07. The molecule has 2 aromatic heterocycles. The summed E-state index contributed by atoms with van der Waals surface area (Å²) in [6, 6.07) is 37.8. The lowest BCUT2D eigenvalue weighted by molar-refractivity contribution is 0.590. The maximum absolute atomic E-state index is 11.8. The summed E-state index contributed by atoms with van der Waals surface area (Å²) in [7, 11) is 0. The van der Waals surface area contributed by atoms with Crippen molar-refractivity contribution in [2.75, 3.05) is 16.1 Å². The molecule has 13 aromatic carbocycles. The number of hydrogen-bond donors (Lipinski definition) is 0. The number of anilines is 6. The van der Waals surface area contributed by atoms with Crippen molar-refractivity contribution in [1.82, 2.24) is 9.13 Å². The summed E-state index contributed by atoms with van der Waals surface area (Å²) in [5.41, 5.74) is 6.03. The van der Waals surface area contributed by atoms with Crippen LogP contribution in [0.1, 0.15) is 108 Å². The van der Waals surface area contributed by atoms with Crippen LogP contribution >= 0.6 is 11.8 Å². The van der Waals surface area contributed by atoms with Crippen molar-refractivity contribution < 1.29 is 28.8 Å². The molecule has 0 saturated heterocycles. The van der Waals surface area contributed by atoms with Crippen molar-refractivity contribution in [3.05, 3.63) is 301 Å². The molecule has 0 aliphatic carbocycles. The molecule has 6 heteroatoms. The number of fused-ring (bicyclic) bond motifs is 10. The molecular weight excluding hydrogens is 1190 g/mol. The summed E-state index contributed by atoms with van der Waals surface area (Å²) in [5.74, 6) is 0. The van der Waals surface area contributed by atoms with Gasteiger partial charge in [0.15, 0.2) is 0 Å². The van der Waals surface area contributed by atoms with Crippen molar-refractivity contribution in [1.29, 1.82) is 0 Å². The highest BCUT2D eigenvalue weighted by molar-refractivity contribution is 7.98. The molecule has 0 atom stereocenters. The Hall–Kier alpha value is -10.5. The van der Waals surface area contributed by atoms with Crippen LogP contribution in [-0.2, 0) is 16.2 Å². The predicted octanol–water partition coefficient (Wildman–Crippen LogP) is 23.2. The number of nitrogens with zero attached hydrogens (tertiary/aromatic N) is 4. The Balaban J connectivity index is 1.18. The van der Waals surface area contributed by atoms with Gasteiger partial charge in [-0.1, -0.05) is 262 Å². The number of rotatable bonds is 9. The monoisotopic (exact) mass is 1290 g/mol. The van der Waals surface area contributed by atoms with E-state index in [4.69, 9.17) is 5.48 Å². The average molecular weight is 1290 g/mol. The lowest BCUT2D eigenvalue weighted by atomic mass is 9.33. The Kier molecular flexibility index (Phi) is 9.75. The summed E-state index contributed by atoms with van der Waals surface area (Å²) < 4.78 is 212. The molecule has 0 fully saturated rings. The van der Waals surface area contributed by atoms with Gasteiger partial charge in [-0.25, -0.2) is 0 Å². The van der Waals surface area contributed by atoms with E-state index in [0.717, 1.165) is 49.7 Å². The molecule has 2 aliphatic rings. The van der Waals surface area contributed by atoms with E-state index in [-0.39, 0.29) is 65.5 Å². The molecule has 0 spiro atoms. The standard InChI is InChI=1S/C91H77BN4S/c1-89(2,3)62-49-71(58-31-15-11-16-32-58)87(72(50-62)59-33-17-12-18-34-59)95-80-55-65(93-76-43-27-23-39-67(76)68-40-24-28-44-77(68)93)47-48-75(80)92-85-81(95)53-64(91(7,8)9)54-82(85)96(88-73(60-35-19-13-20-36-60)51-63(90(4,5)6)52-74(88)61-37-21-14-22-38-61)83-56-66(57-84(97-10)86(83)92)94-78-45-29-25-41-69(78)70-42-26-30-46-79(70)94/h11-57H,1-10H3/i23D,24D,25D,26D,27D,28D,29D,30D,39D,40D,41D,42D,43D,44D,45D,46D,47D,48D,55D,56D,57D. The van der Waals surface area contributed by atoms with Crippen LogP contribution in [0, 0.1) is 0 Å². The minimum atomic E-state index is -1.46. The highest BCUT2D eigenvalue weighted by Crippen LogP contribution is 2.56. The highest BCUT2D eigenvalue weighted by Gasteiger charge is 2.48. The van der Waals surface area contributed by atoms with Crippen molar-refractivity contribution in [3.63, 3.8) is 0 Å². The van der Waals surface area contributed by atoms with Crippen LogP contribution in [0.3, 0.4) is 0 Å². The average Bonchev–Trinajstić information content (AvgIpc) is 0.887. The van der Waals surface area contributed by atoms with Crippen LogP contribution in [0.2, 0.25) is 0 Å². The molecule has 0 N–H and O–H groups in total. The molecule has 4 heterocycles. The minimum Gasteiger partial charge on any atom is -0.310 e. The van der Waals surface area contributed by atoms with E-state index < -0.39 is 167 Å². The molecule has 97 heavy (non-hydrogen) atoms. The third-order valence-electron chi connectivity index (χ3n) is 19.0. The Morgan fingerprint density at radius 2 is 0.670 bits per heavy atom. The topological polar surface area (TPSA) is 16.3 Å². The van der Waals surface area contributed by atoms with Gasteiger partial charge in [-0.05, 0) is 163 Å². The van der Waals surface area contributed by atoms with Gasteiger partial charge >= 0.3 is 0 Å². The lowest BCUT2D eigenvalue weighted by Crippen LogP contribution is -2.62. The fourth-order valence-corrected chi connectivity index (χ4v) is 14.9. The number of thioether (sulfide) groups is 1. The van der Waals surface area contributed by atoms with Gasteiger partial charge in [0, 0.05) is 82.8 Å². The van der Waals surface area contributed by atoms with Gasteiger partial charge in [-0.15, -0.1) is 11.8 Å². The van der Waals surface area contributed by atoms with Gasteiger partial charge in [-0.2, -0.15) is 0 Å². The molecule has 0 saturated carbocycles. The third-order valence-corrected chi connectivity index (χ3v) is 19.8. The minimum absolute atomic E-state index is 0.0270. The first kappa shape index (κ1) is 41.4. The van der Waals surface area contributed by atoms with Crippen LogP contribution in [0.15, 0.2) is 290 Å². The van der Waals surface area contributed by atoms with Gasteiger partial charge < -0.3 is 18.9 Å². The Morgan fingerprint density at radius 1 is 0.340 bits per heavy atom. The van der Waals surface area contributed by atoms with E-state index in [0.29, 0.717) is 56.0 Å². The van der Waals surface area contributed by atoms with Crippen molar-refractivity contribution in [2.45, 2.75) is 83.5 Å². The summed E-state index contributed by atoms with van der Waals surface area (Å²) in [6.45, 7) is 17.4. The number of aromatic nitrogens is 2. The summed E-state index contributed by atoms with van der Waals surface area (Å²) >= 11 is 1.08. The molecule has 0 radical (unpaired) electrons. The lowest BCUT2D eigenvalue weighted by Gasteiger charge is -2.47. The first-order valence-corrected chi connectivity index (χ1v) is 33.7. The Labute approximate surface area is 604 Å². The highest BCUT2D eigenvalue weighted by atomic mass is 32.2. The van der Waals surface area contributed by atoms with Crippen molar-refractivity contribution in [3.8, 4) is 55.9 Å². The van der Waals surface area contributed by atoms with Gasteiger partial charge in [0.05, 0.1) is 62.2 Å². The van der Waals surface area contributed by atoms with E-state index >= 15 is 0 Å². The molecule has 17 rings (SSSR count). The largest absolute Gasteiger partial charge is 0.310 e. The normalized spacial score (nSPS) is 16.1. The molecule has 0 amide bonds. The van der Waals surface area contributed by atoms with Gasteiger partial charge in [0.25, 0.3) is 6.71 Å². The van der Waals surface area contributed by atoms with Gasteiger partial charge in [-0.3, -0.25) is 0 Å². The number of benzene rings is 13. The van der Waals surface area contributed by atoms with Crippen LogP contribution < -0.4 is 26.2 Å². The molecular formula is C91H77BN4S. The van der Waals surface area contributed by atoms with Crippen molar-refractivity contribution >= 4 is 113 Å². The fourth-order valence-electron chi connectivity index (χ4n) is 14.2. The first-order chi connectivity index (χ1) is 55.8. The smallest absolute Gasteiger partial charge is 0.253 e. The van der Waals surface area contributed by atoms with E-state index in [1.807, 2.05) is 131 Å². The van der Waals surface area contributed by atoms with Gasteiger partial charge in [0.2, 0.25) is 0 Å². The van der Waals surface area contributed by atoms with Crippen LogP contribution in [0.25, 0.3) is 99.5 Å². The zero-order chi connectivity index (χ0) is 84.5. The zero-order valence-electron chi connectivity index (χ0n) is 76.3. The SMILES string of the molecule is [2H]c1c([2H])c(-n2c3c([2H])c([2H])c([2H])c([2H])c3c3c([2H])c([2H])c([2H])c([2H])c32)c([2H])c2c1B1c3c(cc(C(C)(C)C)cc3N(c3c(-c4ccccc4)cc(C(C)(C)C)cc3-c3ccccc3)c3c([2H])c(-n4c5c([2H])c([2H])c([2H])c([2H])c5c5c([2H])c([2H])c([2H])c([2H])c54)c([2H])c(SC)c31)N2c1c(-c2ccccc2)cc(C(C)(C)C)cc1-c1ccccc1. The second-order valence-corrected chi connectivity index (χ2v) is 28.8. The first-order valence-electron chi connectivity index (χ1n) is 43.0. The molecule has 0 bridgehead atoms. The van der Waals surface area contributed by atoms with E-state index in [9.17, 15) is 23.3 Å². The third kappa shape index (κ3) is 9.80. The molecule has 2 aliphatic heterocycles. The van der Waals surface area contributed by atoms with E-state index in [1.54, 1.807) is 6.26 Å². The van der Waals surface area contributed by atoms with E-state index in [1.165, 1.54) is 4.57 Å². The molecule has 0 unspecified atom stereocenters. The fraction of sp³-hybridized carbons (Fsp3) is 0.143. The van der Waals surface area contributed by atoms with Crippen LogP contribution in [0.4, 0.5) is 34.1 Å². The second kappa shape index (κ2) is 22.8. The molecule has 4 nitrogen and oxygen atoms in total.